The topological polar surface area (TPSA) is 52.6 Å². The highest BCUT2D eigenvalue weighted by Gasteiger charge is 2.24. The Hall–Kier alpha value is -1.86. The maximum atomic E-state index is 11.8. The molecule has 0 heterocycles. The van der Waals surface area contributed by atoms with E-state index < -0.39 is 12.6 Å². The summed E-state index contributed by atoms with van der Waals surface area (Å²) in [5.41, 5.74) is 0. The first kappa shape index (κ1) is 40.3. The first-order valence-corrected chi connectivity index (χ1v) is 15.4. The molecule has 4 nitrogen and oxygen atoms in total. The first-order valence-electron chi connectivity index (χ1n) is 15.4. The van der Waals surface area contributed by atoms with Crippen LogP contribution in [-0.4, -0.2) is 38.0 Å². The molecule has 0 aromatic carbocycles. The summed E-state index contributed by atoms with van der Waals surface area (Å²) < 4.78 is 57.0. The summed E-state index contributed by atoms with van der Waals surface area (Å²) in [5.74, 6) is -0.403. The molecule has 0 spiro atoms. The van der Waals surface area contributed by atoms with Crippen LogP contribution in [0.15, 0.2) is 24.3 Å². The molecule has 0 aliphatic rings. The summed E-state index contributed by atoms with van der Waals surface area (Å²) >= 11 is 0. The van der Waals surface area contributed by atoms with Gasteiger partial charge in [-0.2, -0.15) is 13.2 Å². The molecule has 236 valence electrons. The van der Waals surface area contributed by atoms with Gasteiger partial charge in [-0.1, -0.05) is 101 Å². The molecule has 0 unspecified atom stereocenters. The lowest BCUT2D eigenvalue weighted by Gasteiger charge is -2.03. The van der Waals surface area contributed by atoms with Gasteiger partial charge in [-0.25, -0.2) is 0 Å². The van der Waals surface area contributed by atoms with Crippen LogP contribution in [0.1, 0.15) is 142 Å². The molecule has 0 rings (SSSR count). The van der Waals surface area contributed by atoms with Crippen molar-refractivity contribution in [2.24, 2.45) is 0 Å². The van der Waals surface area contributed by atoms with Gasteiger partial charge in [0.1, 0.15) is 0 Å². The average Bonchev–Trinajstić information content (AvgIpc) is 2.88. The fourth-order valence-electron chi connectivity index (χ4n) is 3.92. The van der Waals surface area contributed by atoms with E-state index in [0.29, 0.717) is 19.6 Å². The first-order chi connectivity index (χ1) is 19.2. The molecule has 0 bridgehead atoms. The molecular weight excluding hydrogens is 524 g/mol. The van der Waals surface area contributed by atoms with Crippen LogP contribution in [0.25, 0.3) is 0 Å². The molecule has 0 fully saturated rings. The zero-order valence-electron chi connectivity index (χ0n) is 25.2. The molecular formula is C32H56F4O4. The van der Waals surface area contributed by atoms with Crippen LogP contribution in [0.5, 0.6) is 0 Å². The average molecular weight is 581 g/mol. The van der Waals surface area contributed by atoms with E-state index >= 15 is 0 Å². The molecule has 0 atom stereocenters. The number of hydrogen-bond donors (Lipinski definition) is 0. The minimum absolute atomic E-state index is 0.180. The SMILES string of the molecule is CC(=O)OCCCCCCCCCC/C=C/CCF.CC(=O)OCCCCCCCCCC/C=C\CC(F)(F)F. The van der Waals surface area contributed by atoms with Crippen LogP contribution < -0.4 is 0 Å². The summed E-state index contributed by atoms with van der Waals surface area (Å²) in [6, 6.07) is 0. The van der Waals surface area contributed by atoms with Gasteiger partial charge in [0.2, 0.25) is 0 Å². The predicted molar refractivity (Wildman–Crippen MR) is 156 cm³/mol. The van der Waals surface area contributed by atoms with Crippen LogP contribution in [0.2, 0.25) is 0 Å². The highest BCUT2D eigenvalue weighted by Crippen LogP contribution is 2.20. The standard InChI is InChI=1S/C16H27F3O2.C16H29FO2/c1-15(20)21-14-12-10-8-6-4-2-3-5-7-9-11-13-16(17,18)19;1-16(18)19-15-13-11-9-7-5-3-2-4-6-8-10-12-14-17/h9,11H,2-8,10,12-14H2,1H3;8,10H,2-7,9,11-15H2,1H3/b11-9-;10-8+. The normalized spacial score (nSPS) is 11.6. The third-order valence-electron chi connectivity index (χ3n) is 6.10. The molecule has 0 N–H and O–H groups in total. The van der Waals surface area contributed by atoms with Gasteiger partial charge in [-0.15, -0.1) is 0 Å². The molecule has 0 saturated carbocycles. The Kier molecular flexibility index (Phi) is 31.9. The van der Waals surface area contributed by atoms with E-state index in [0.717, 1.165) is 64.2 Å². The second kappa shape index (κ2) is 31.7. The van der Waals surface area contributed by atoms with Crippen molar-refractivity contribution in [3.05, 3.63) is 24.3 Å². The number of hydrogen-bond acceptors (Lipinski definition) is 4. The summed E-state index contributed by atoms with van der Waals surface area (Å²) in [7, 11) is 0. The van der Waals surface area contributed by atoms with Crippen molar-refractivity contribution in [3.63, 3.8) is 0 Å². The molecule has 0 aliphatic carbocycles. The molecule has 0 radical (unpaired) electrons. The van der Waals surface area contributed by atoms with E-state index in [4.69, 9.17) is 9.47 Å². The smallest absolute Gasteiger partial charge is 0.392 e. The van der Waals surface area contributed by atoms with E-state index in [-0.39, 0.29) is 18.6 Å². The number of alkyl halides is 4. The lowest BCUT2D eigenvalue weighted by molar-refractivity contribution is -0.142. The number of ether oxygens (including phenoxy) is 2. The third-order valence-corrected chi connectivity index (χ3v) is 6.10. The van der Waals surface area contributed by atoms with Crippen molar-refractivity contribution >= 4 is 11.9 Å². The molecule has 0 aliphatic heterocycles. The van der Waals surface area contributed by atoms with Gasteiger partial charge in [0.15, 0.2) is 0 Å². The molecule has 0 aromatic heterocycles. The fraction of sp³-hybridized carbons (Fsp3) is 0.812. The molecule has 8 heteroatoms. The minimum Gasteiger partial charge on any atom is -0.466 e. The van der Waals surface area contributed by atoms with Crippen LogP contribution >= 0.6 is 0 Å². The van der Waals surface area contributed by atoms with Gasteiger partial charge in [0.25, 0.3) is 0 Å². The number of unbranched alkanes of at least 4 members (excludes halogenated alkanes) is 16. The molecule has 0 saturated heterocycles. The van der Waals surface area contributed by atoms with Gasteiger partial charge in [-0.05, 0) is 44.9 Å². The highest BCUT2D eigenvalue weighted by atomic mass is 19.4. The number of esters is 2. The Bertz CT molecular complexity index is 619. The van der Waals surface area contributed by atoms with Crippen LogP contribution in [0, 0.1) is 0 Å². The quantitative estimate of drug-likeness (QED) is 0.0466. The Morgan fingerprint density at radius 3 is 1.20 bits per heavy atom. The number of carbonyl (C=O) groups excluding carboxylic acids is 2. The van der Waals surface area contributed by atoms with Crippen molar-refractivity contribution in [1.29, 1.82) is 0 Å². The Balaban J connectivity index is 0. The Morgan fingerprint density at radius 2 is 0.850 bits per heavy atom. The van der Waals surface area contributed by atoms with E-state index in [2.05, 4.69) is 6.08 Å². The lowest BCUT2D eigenvalue weighted by Crippen LogP contribution is -2.03. The Labute approximate surface area is 241 Å². The van der Waals surface area contributed by atoms with Crippen LogP contribution in [0.4, 0.5) is 17.6 Å². The number of allylic oxidation sites excluding steroid dienone is 4. The maximum Gasteiger partial charge on any atom is 0.392 e. The monoisotopic (exact) mass is 580 g/mol. The summed E-state index contributed by atoms with van der Waals surface area (Å²) in [4.78, 5) is 21.0. The molecule has 0 aromatic rings. The summed E-state index contributed by atoms with van der Waals surface area (Å²) in [6.07, 6.45) is 22.7. The van der Waals surface area contributed by atoms with Gasteiger partial charge < -0.3 is 9.47 Å². The zero-order valence-corrected chi connectivity index (χ0v) is 25.2. The van der Waals surface area contributed by atoms with Crippen molar-refractivity contribution in [1.82, 2.24) is 0 Å². The van der Waals surface area contributed by atoms with Gasteiger partial charge in [0.05, 0.1) is 26.3 Å². The minimum atomic E-state index is -4.08. The summed E-state index contributed by atoms with van der Waals surface area (Å²) in [5, 5.41) is 0. The highest BCUT2D eigenvalue weighted by molar-refractivity contribution is 5.66. The van der Waals surface area contributed by atoms with Gasteiger partial charge in [0, 0.05) is 13.8 Å². The number of halogens is 4. The van der Waals surface area contributed by atoms with Gasteiger partial charge in [-0.3, -0.25) is 14.0 Å². The van der Waals surface area contributed by atoms with Gasteiger partial charge >= 0.3 is 18.1 Å². The predicted octanol–water partition coefficient (Wildman–Crippen LogP) is 10.5. The number of carbonyl (C=O) groups is 2. The second-order valence-electron chi connectivity index (χ2n) is 10.2. The van der Waals surface area contributed by atoms with Crippen molar-refractivity contribution in [2.45, 2.75) is 148 Å². The number of rotatable bonds is 25. The van der Waals surface area contributed by atoms with Crippen LogP contribution in [-0.2, 0) is 19.1 Å². The second-order valence-corrected chi connectivity index (χ2v) is 10.2. The van der Waals surface area contributed by atoms with Crippen molar-refractivity contribution in [3.8, 4) is 0 Å². The lowest BCUT2D eigenvalue weighted by atomic mass is 10.1. The third kappa shape index (κ3) is 43.2. The Morgan fingerprint density at radius 1 is 0.525 bits per heavy atom. The van der Waals surface area contributed by atoms with Crippen molar-refractivity contribution < 1.29 is 36.6 Å². The summed E-state index contributed by atoms with van der Waals surface area (Å²) in [6.45, 7) is 3.71. The van der Waals surface area contributed by atoms with E-state index in [1.807, 2.05) is 6.08 Å². The maximum absolute atomic E-state index is 11.8. The van der Waals surface area contributed by atoms with E-state index in [1.165, 1.54) is 71.3 Å². The molecule has 0 amide bonds. The zero-order chi connectivity index (χ0) is 30.2. The van der Waals surface area contributed by atoms with Crippen molar-refractivity contribution in [2.75, 3.05) is 19.9 Å². The fourth-order valence-corrected chi connectivity index (χ4v) is 3.92. The van der Waals surface area contributed by atoms with Crippen LogP contribution in [0.3, 0.4) is 0 Å². The van der Waals surface area contributed by atoms with E-state index in [1.54, 1.807) is 6.08 Å². The van der Waals surface area contributed by atoms with E-state index in [9.17, 15) is 27.2 Å². The molecule has 40 heavy (non-hydrogen) atoms. The largest absolute Gasteiger partial charge is 0.466 e.